The van der Waals surface area contributed by atoms with Crippen LogP contribution in [0.4, 0.5) is 16.2 Å². The number of carbonyl (C=O) groups excluding carboxylic acids is 1. The number of benzene rings is 1. The summed E-state index contributed by atoms with van der Waals surface area (Å²) in [5, 5.41) is 18.4. The fraction of sp³-hybridized carbons (Fsp3) is 0.214. The maximum absolute atomic E-state index is 11.9. The van der Waals surface area contributed by atoms with Crippen LogP contribution >= 0.6 is 0 Å². The van der Waals surface area contributed by atoms with Crippen molar-refractivity contribution >= 4 is 23.4 Å². The number of hydrogen-bond donors (Lipinski definition) is 3. The first-order valence-corrected chi connectivity index (χ1v) is 6.29. The summed E-state index contributed by atoms with van der Waals surface area (Å²) in [5.74, 6) is -1.03. The van der Waals surface area contributed by atoms with Crippen LogP contribution in [0.25, 0.3) is 0 Å². The van der Waals surface area contributed by atoms with E-state index < -0.39 is 12.0 Å². The number of urea groups is 1. The van der Waals surface area contributed by atoms with Crippen molar-refractivity contribution in [3.63, 3.8) is 0 Å². The lowest BCUT2D eigenvalue weighted by molar-refractivity contribution is 0.0696. The summed E-state index contributed by atoms with van der Waals surface area (Å²) in [4.78, 5) is 23.0. The maximum atomic E-state index is 11.9. The molecule has 2 aromatic rings. The summed E-state index contributed by atoms with van der Waals surface area (Å²) in [7, 11) is 1.76. The van der Waals surface area contributed by atoms with Crippen molar-refractivity contribution in [1.29, 1.82) is 0 Å². The average molecular weight is 288 g/mol. The molecule has 0 saturated carbocycles. The van der Waals surface area contributed by atoms with Gasteiger partial charge in [0, 0.05) is 18.9 Å². The van der Waals surface area contributed by atoms with Gasteiger partial charge in [-0.3, -0.25) is 4.68 Å². The lowest BCUT2D eigenvalue weighted by Gasteiger charge is -2.08. The number of aromatic carboxylic acids is 1. The Kier molecular flexibility index (Phi) is 3.93. The van der Waals surface area contributed by atoms with Gasteiger partial charge in [0.05, 0.1) is 16.9 Å². The molecule has 1 aromatic carbocycles. The van der Waals surface area contributed by atoms with Crippen LogP contribution in [0.1, 0.15) is 21.6 Å². The number of rotatable bonds is 3. The molecule has 110 valence electrons. The first-order valence-electron chi connectivity index (χ1n) is 6.29. The van der Waals surface area contributed by atoms with E-state index in [1.54, 1.807) is 43.9 Å². The van der Waals surface area contributed by atoms with Crippen LogP contribution < -0.4 is 10.6 Å². The number of carboxylic acid groups (broad SMARTS) is 1. The van der Waals surface area contributed by atoms with Gasteiger partial charge < -0.3 is 15.7 Å². The number of nitrogens with one attached hydrogen (secondary N) is 2. The predicted octanol–water partition coefficient (Wildman–Crippen LogP) is 2.38. The number of carbonyl (C=O) groups is 2. The second-order valence-corrected chi connectivity index (χ2v) is 4.72. The quantitative estimate of drug-likeness (QED) is 0.807. The molecule has 0 bridgehead atoms. The average Bonchev–Trinajstić information content (AvgIpc) is 2.69. The Labute approximate surface area is 121 Å². The second kappa shape index (κ2) is 5.66. The molecule has 3 N–H and O–H groups in total. The van der Waals surface area contributed by atoms with E-state index in [0.717, 1.165) is 0 Å². The van der Waals surface area contributed by atoms with Crippen molar-refractivity contribution < 1.29 is 14.7 Å². The van der Waals surface area contributed by atoms with Gasteiger partial charge in [0.2, 0.25) is 0 Å². The zero-order chi connectivity index (χ0) is 15.6. The highest BCUT2D eigenvalue weighted by Crippen LogP contribution is 2.16. The van der Waals surface area contributed by atoms with Crippen molar-refractivity contribution in [1.82, 2.24) is 9.78 Å². The molecule has 21 heavy (non-hydrogen) atoms. The summed E-state index contributed by atoms with van der Waals surface area (Å²) in [6.07, 6.45) is 1.69. The SMILES string of the molecule is Cc1ccc(NC(=O)Nc2cn(C)nc2C)cc1C(=O)O. The largest absolute Gasteiger partial charge is 0.478 e. The smallest absolute Gasteiger partial charge is 0.336 e. The fourth-order valence-electron chi connectivity index (χ4n) is 1.94. The number of carboxylic acids is 1. The van der Waals surface area contributed by atoms with E-state index in [4.69, 9.17) is 5.11 Å². The molecule has 0 atom stereocenters. The Morgan fingerprint density at radius 1 is 1.24 bits per heavy atom. The van der Waals surface area contributed by atoms with Crippen LogP contribution in [0.15, 0.2) is 24.4 Å². The van der Waals surface area contributed by atoms with E-state index >= 15 is 0 Å². The summed E-state index contributed by atoms with van der Waals surface area (Å²) in [5.41, 5.74) is 2.50. The summed E-state index contributed by atoms with van der Waals surface area (Å²) in [6.45, 7) is 3.48. The minimum Gasteiger partial charge on any atom is -0.478 e. The molecule has 7 heteroatoms. The van der Waals surface area contributed by atoms with Crippen LogP contribution in [0.5, 0.6) is 0 Å². The van der Waals surface area contributed by atoms with Gasteiger partial charge in [-0.25, -0.2) is 9.59 Å². The number of aromatic nitrogens is 2. The molecular formula is C14H16N4O3. The zero-order valence-corrected chi connectivity index (χ0v) is 12.0. The van der Waals surface area contributed by atoms with Crippen molar-refractivity contribution in [3.05, 3.63) is 41.2 Å². The number of amides is 2. The number of anilines is 2. The summed E-state index contributed by atoms with van der Waals surface area (Å²) < 4.78 is 1.60. The van der Waals surface area contributed by atoms with Crippen molar-refractivity contribution in [2.45, 2.75) is 13.8 Å². The minimum atomic E-state index is -1.03. The van der Waals surface area contributed by atoms with Crippen molar-refractivity contribution in [2.24, 2.45) is 7.05 Å². The molecule has 7 nitrogen and oxygen atoms in total. The fourth-order valence-corrected chi connectivity index (χ4v) is 1.94. The maximum Gasteiger partial charge on any atom is 0.336 e. The van der Waals surface area contributed by atoms with Crippen LogP contribution in [0.3, 0.4) is 0 Å². The highest BCUT2D eigenvalue weighted by atomic mass is 16.4. The van der Waals surface area contributed by atoms with Crippen molar-refractivity contribution in [3.8, 4) is 0 Å². The Hall–Kier alpha value is -2.83. The third kappa shape index (κ3) is 3.38. The zero-order valence-electron chi connectivity index (χ0n) is 12.0. The number of nitrogens with zero attached hydrogens (tertiary/aromatic N) is 2. The standard InChI is InChI=1S/C14H16N4O3/c1-8-4-5-10(6-11(8)13(19)20)15-14(21)16-12-7-18(3)17-9(12)2/h4-7H,1-3H3,(H,19,20)(H2,15,16,21). The number of aryl methyl sites for hydroxylation is 3. The van der Waals surface area contributed by atoms with Crippen LogP contribution in [-0.4, -0.2) is 26.9 Å². The minimum absolute atomic E-state index is 0.158. The second-order valence-electron chi connectivity index (χ2n) is 4.72. The topological polar surface area (TPSA) is 96.3 Å². The molecule has 1 aromatic heterocycles. The number of hydrogen-bond acceptors (Lipinski definition) is 3. The molecule has 0 radical (unpaired) electrons. The van der Waals surface area contributed by atoms with E-state index in [1.807, 2.05) is 0 Å². The van der Waals surface area contributed by atoms with E-state index in [0.29, 0.717) is 22.6 Å². The van der Waals surface area contributed by atoms with Crippen LogP contribution in [0.2, 0.25) is 0 Å². The Bertz CT molecular complexity index is 706. The van der Waals surface area contributed by atoms with Gasteiger partial charge in [0.1, 0.15) is 0 Å². The van der Waals surface area contributed by atoms with Crippen LogP contribution in [-0.2, 0) is 7.05 Å². The van der Waals surface area contributed by atoms with Gasteiger partial charge in [-0.05, 0) is 31.5 Å². The molecule has 0 aliphatic rings. The predicted molar refractivity (Wildman–Crippen MR) is 78.7 cm³/mol. The molecule has 0 aliphatic carbocycles. The van der Waals surface area contributed by atoms with Gasteiger partial charge in [0.15, 0.2) is 0 Å². The third-order valence-corrected chi connectivity index (χ3v) is 2.99. The van der Waals surface area contributed by atoms with E-state index in [-0.39, 0.29) is 5.56 Å². The van der Waals surface area contributed by atoms with Gasteiger partial charge in [-0.2, -0.15) is 5.10 Å². The van der Waals surface area contributed by atoms with Crippen molar-refractivity contribution in [2.75, 3.05) is 10.6 Å². The molecule has 2 amide bonds. The molecule has 0 spiro atoms. The molecule has 0 unspecified atom stereocenters. The van der Waals surface area contributed by atoms with E-state index in [1.165, 1.54) is 6.07 Å². The van der Waals surface area contributed by atoms with Gasteiger partial charge in [-0.15, -0.1) is 0 Å². The first kappa shape index (κ1) is 14.6. The molecular weight excluding hydrogens is 272 g/mol. The highest BCUT2D eigenvalue weighted by Gasteiger charge is 2.11. The molecule has 1 heterocycles. The lowest BCUT2D eigenvalue weighted by atomic mass is 10.1. The van der Waals surface area contributed by atoms with Gasteiger partial charge in [0.25, 0.3) is 0 Å². The molecule has 0 saturated heterocycles. The highest BCUT2D eigenvalue weighted by molar-refractivity contribution is 6.01. The summed E-state index contributed by atoms with van der Waals surface area (Å²) >= 11 is 0. The normalized spacial score (nSPS) is 10.2. The molecule has 0 fully saturated rings. The monoisotopic (exact) mass is 288 g/mol. The van der Waals surface area contributed by atoms with Gasteiger partial charge in [-0.1, -0.05) is 6.07 Å². The first-order chi connectivity index (χ1) is 9.86. The van der Waals surface area contributed by atoms with Crippen LogP contribution in [0, 0.1) is 13.8 Å². The Morgan fingerprint density at radius 2 is 1.95 bits per heavy atom. The summed E-state index contributed by atoms with van der Waals surface area (Å²) in [6, 6.07) is 4.27. The van der Waals surface area contributed by atoms with Gasteiger partial charge >= 0.3 is 12.0 Å². The Balaban J connectivity index is 2.11. The third-order valence-electron chi connectivity index (χ3n) is 2.99. The molecule has 0 aliphatic heterocycles. The Morgan fingerprint density at radius 3 is 2.52 bits per heavy atom. The van der Waals surface area contributed by atoms with E-state index in [9.17, 15) is 9.59 Å². The lowest BCUT2D eigenvalue weighted by Crippen LogP contribution is -2.20. The van der Waals surface area contributed by atoms with E-state index in [2.05, 4.69) is 15.7 Å². The molecule has 2 rings (SSSR count).